The van der Waals surface area contributed by atoms with Crippen LogP contribution in [-0.4, -0.2) is 59.1 Å². The highest BCUT2D eigenvalue weighted by Crippen LogP contribution is 2.26. The van der Waals surface area contributed by atoms with Crippen molar-refractivity contribution >= 4 is 12.0 Å². The minimum absolute atomic E-state index is 0.113. The molecule has 0 N–H and O–H groups in total. The highest BCUT2D eigenvalue weighted by molar-refractivity contribution is 5.72. The first kappa shape index (κ1) is 18.5. The number of methoxy groups -OCH3 is 3. The van der Waals surface area contributed by atoms with E-state index in [0.29, 0.717) is 11.6 Å². The highest BCUT2D eigenvalue weighted by atomic mass is 16.7. The molecule has 0 atom stereocenters. The molecular formula is C16H26N2O4. The van der Waals surface area contributed by atoms with Crippen molar-refractivity contribution < 1.29 is 19.0 Å². The van der Waals surface area contributed by atoms with Gasteiger partial charge in [0.15, 0.2) is 12.6 Å². The number of piperidine rings is 1. The predicted octanol–water partition coefficient (Wildman–Crippen LogP) is 1.99. The summed E-state index contributed by atoms with van der Waals surface area (Å²) in [5.41, 5.74) is 1.54. The molecule has 0 bridgehead atoms. The fourth-order valence-corrected chi connectivity index (χ4v) is 2.57. The molecule has 6 heteroatoms. The summed E-state index contributed by atoms with van der Waals surface area (Å²) >= 11 is 0. The lowest BCUT2D eigenvalue weighted by Gasteiger charge is -2.35. The maximum Gasteiger partial charge on any atom is 0.168 e. The van der Waals surface area contributed by atoms with Crippen molar-refractivity contribution in [3.8, 4) is 0 Å². The Bertz CT molecular complexity index is 413. The topological polar surface area (TPSA) is 60.9 Å². The van der Waals surface area contributed by atoms with E-state index in [4.69, 9.17) is 9.47 Å². The second-order valence-electron chi connectivity index (χ2n) is 5.13. The number of ether oxygens (including phenoxy) is 3. The van der Waals surface area contributed by atoms with Gasteiger partial charge in [0.2, 0.25) is 0 Å². The van der Waals surface area contributed by atoms with E-state index in [1.54, 1.807) is 40.7 Å². The molecule has 0 saturated carbocycles. The van der Waals surface area contributed by atoms with E-state index in [2.05, 4.69) is 14.6 Å². The number of carbonyl (C=O) groups excluding carboxylic acids is 1. The van der Waals surface area contributed by atoms with Gasteiger partial charge in [-0.3, -0.25) is 9.78 Å². The molecule has 0 aromatic carbocycles. The van der Waals surface area contributed by atoms with Crippen molar-refractivity contribution in [2.75, 3.05) is 46.4 Å². The summed E-state index contributed by atoms with van der Waals surface area (Å²) in [7, 11) is 6.62. The van der Waals surface area contributed by atoms with Gasteiger partial charge in [-0.1, -0.05) is 0 Å². The Hall–Kier alpha value is -1.50. The molecule has 1 aliphatic heterocycles. The molecule has 0 amide bonds. The predicted molar refractivity (Wildman–Crippen MR) is 85.3 cm³/mol. The van der Waals surface area contributed by atoms with Gasteiger partial charge in [0.05, 0.1) is 11.9 Å². The summed E-state index contributed by atoms with van der Waals surface area (Å²) in [4.78, 5) is 17.0. The van der Waals surface area contributed by atoms with Crippen LogP contribution in [0.4, 0.5) is 5.69 Å². The molecular weight excluding hydrogens is 284 g/mol. The molecule has 2 rings (SSSR count). The van der Waals surface area contributed by atoms with Crippen LogP contribution in [0.15, 0.2) is 18.3 Å². The van der Waals surface area contributed by atoms with Crippen LogP contribution < -0.4 is 4.90 Å². The third-order valence-corrected chi connectivity index (χ3v) is 3.65. The van der Waals surface area contributed by atoms with Gasteiger partial charge in [-0.15, -0.1) is 0 Å². The molecule has 1 saturated heterocycles. The van der Waals surface area contributed by atoms with Crippen LogP contribution in [0.3, 0.4) is 0 Å². The summed E-state index contributed by atoms with van der Waals surface area (Å²) in [5.74, 6) is 0.438. The quantitative estimate of drug-likeness (QED) is 0.612. The van der Waals surface area contributed by atoms with E-state index in [9.17, 15) is 4.79 Å². The second-order valence-corrected chi connectivity index (χ2v) is 5.13. The summed E-state index contributed by atoms with van der Waals surface area (Å²) in [6, 6.07) is 3.70. The zero-order valence-electron chi connectivity index (χ0n) is 13.8. The normalized spacial score (nSPS) is 15.4. The number of hydrogen-bond acceptors (Lipinski definition) is 6. The molecule has 1 aliphatic rings. The van der Waals surface area contributed by atoms with Crippen LogP contribution in [0.1, 0.15) is 23.3 Å². The highest BCUT2D eigenvalue weighted by Gasteiger charge is 2.26. The third-order valence-electron chi connectivity index (χ3n) is 3.65. The Kier molecular flexibility index (Phi) is 8.65. The zero-order chi connectivity index (χ0) is 16.4. The minimum Gasteiger partial charge on any atom is -0.388 e. The van der Waals surface area contributed by atoms with Crippen LogP contribution in [0, 0.1) is 5.92 Å². The summed E-state index contributed by atoms with van der Waals surface area (Å²) in [5, 5.41) is 0. The molecule has 1 aromatic heterocycles. The van der Waals surface area contributed by atoms with Crippen LogP contribution in [0.5, 0.6) is 0 Å². The van der Waals surface area contributed by atoms with Crippen molar-refractivity contribution in [3.05, 3.63) is 24.0 Å². The molecule has 124 valence electrons. The largest absolute Gasteiger partial charge is 0.388 e. The summed E-state index contributed by atoms with van der Waals surface area (Å²) in [6.07, 6.45) is 4.47. The average molecular weight is 310 g/mol. The Morgan fingerprint density at radius 1 is 1.18 bits per heavy atom. The van der Waals surface area contributed by atoms with E-state index in [-0.39, 0.29) is 6.29 Å². The Labute approximate surface area is 132 Å². The SMILES string of the molecule is COC.COC(OC)C1CCN(c2ccc(C=O)nc2)CC1. The van der Waals surface area contributed by atoms with Gasteiger partial charge < -0.3 is 19.1 Å². The molecule has 6 nitrogen and oxygen atoms in total. The maximum atomic E-state index is 10.6. The first-order chi connectivity index (χ1) is 10.7. The molecule has 1 aromatic rings. The average Bonchev–Trinajstić information content (AvgIpc) is 2.57. The Morgan fingerprint density at radius 2 is 1.77 bits per heavy atom. The van der Waals surface area contributed by atoms with E-state index in [1.807, 2.05) is 6.07 Å². The molecule has 0 radical (unpaired) electrons. The van der Waals surface area contributed by atoms with Gasteiger partial charge in [-0.25, -0.2) is 0 Å². The number of anilines is 1. The first-order valence-corrected chi connectivity index (χ1v) is 7.32. The van der Waals surface area contributed by atoms with E-state index >= 15 is 0 Å². The van der Waals surface area contributed by atoms with Crippen molar-refractivity contribution in [2.45, 2.75) is 19.1 Å². The van der Waals surface area contributed by atoms with Gasteiger partial charge in [0, 0.05) is 47.4 Å². The van der Waals surface area contributed by atoms with Crippen LogP contribution in [0.2, 0.25) is 0 Å². The number of nitrogens with zero attached hydrogens (tertiary/aromatic N) is 2. The van der Waals surface area contributed by atoms with Gasteiger partial charge in [-0.2, -0.15) is 0 Å². The lowest BCUT2D eigenvalue weighted by Crippen LogP contribution is -2.39. The summed E-state index contributed by atoms with van der Waals surface area (Å²) < 4.78 is 14.9. The number of rotatable bonds is 5. The van der Waals surface area contributed by atoms with Crippen molar-refractivity contribution in [2.24, 2.45) is 5.92 Å². The Balaban J connectivity index is 0.000000745. The van der Waals surface area contributed by atoms with Crippen molar-refractivity contribution in [3.63, 3.8) is 0 Å². The molecule has 22 heavy (non-hydrogen) atoms. The number of aromatic nitrogens is 1. The molecule has 0 unspecified atom stereocenters. The number of carbonyl (C=O) groups is 1. The van der Waals surface area contributed by atoms with Gasteiger partial charge in [0.1, 0.15) is 5.69 Å². The lowest BCUT2D eigenvalue weighted by atomic mass is 9.96. The number of hydrogen-bond donors (Lipinski definition) is 0. The zero-order valence-corrected chi connectivity index (χ0v) is 13.8. The summed E-state index contributed by atoms with van der Waals surface area (Å²) in [6.45, 7) is 1.91. The maximum absolute atomic E-state index is 10.6. The molecule has 2 heterocycles. The van der Waals surface area contributed by atoms with E-state index in [0.717, 1.165) is 37.9 Å². The number of aldehydes is 1. The van der Waals surface area contributed by atoms with E-state index < -0.39 is 0 Å². The van der Waals surface area contributed by atoms with Crippen LogP contribution in [-0.2, 0) is 14.2 Å². The monoisotopic (exact) mass is 310 g/mol. The van der Waals surface area contributed by atoms with Crippen molar-refractivity contribution in [1.82, 2.24) is 4.98 Å². The fraction of sp³-hybridized carbons (Fsp3) is 0.625. The first-order valence-electron chi connectivity index (χ1n) is 7.32. The van der Waals surface area contributed by atoms with E-state index in [1.165, 1.54) is 0 Å². The lowest BCUT2D eigenvalue weighted by molar-refractivity contribution is -0.141. The number of pyridine rings is 1. The molecule has 0 aliphatic carbocycles. The van der Waals surface area contributed by atoms with Gasteiger partial charge in [0.25, 0.3) is 0 Å². The van der Waals surface area contributed by atoms with Crippen LogP contribution >= 0.6 is 0 Å². The smallest absolute Gasteiger partial charge is 0.168 e. The van der Waals surface area contributed by atoms with Crippen LogP contribution in [0.25, 0.3) is 0 Å². The van der Waals surface area contributed by atoms with Crippen molar-refractivity contribution in [1.29, 1.82) is 0 Å². The van der Waals surface area contributed by atoms with Gasteiger partial charge >= 0.3 is 0 Å². The third kappa shape index (κ3) is 5.36. The fourth-order valence-electron chi connectivity index (χ4n) is 2.57. The minimum atomic E-state index is -0.113. The Morgan fingerprint density at radius 3 is 2.18 bits per heavy atom. The van der Waals surface area contributed by atoms with Gasteiger partial charge in [-0.05, 0) is 25.0 Å². The second kappa shape index (κ2) is 10.3. The molecule has 0 spiro atoms. The standard InChI is InChI=1S/C14H20N2O3.C2H6O/c1-18-14(19-2)11-5-7-16(8-6-11)13-4-3-12(10-17)15-9-13;1-3-2/h3-4,9-11,14H,5-8H2,1-2H3;1-2H3. The molecule has 1 fully saturated rings.